The van der Waals surface area contributed by atoms with Crippen molar-refractivity contribution in [1.82, 2.24) is 5.32 Å². The molecule has 2 rings (SSSR count). The summed E-state index contributed by atoms with van der Waals surface area (Å²) in [6.45, 7) is 5.43. The van der Waals surface area contributed by atoms with Crippen molar-refractivity contribution < 1.29 is 4.42 Å². The summed E-state index contributed by atoms with van der Waals surface area (Å²) in [6, 6.07) is 2.45. The van der Waals surface area contributed by atoms with Crippen LogP contribution in [0.2, 0.25) is 0 Å². The van der Waals surface area contributed by atoms with E-state index in [0.29, 0.717) is 6.04 Å². The maximum absolute atomic E-state index is 5.14. The van der Waals surface area contributed by atoms with E-state index in [1.165, 1.54) is 16.7 Å². The molecule has 2 heterocycles. The van der Waals surface area contributed by atoms with Crippen LogP contribution in [0.1, 0.15) is 36.1 Å². The fraction of sp³-hybridized carbons (Fsp3) is 0.429. The summed E-state index contributed by atoms with van der Waals surface area (Å²) in [4.78, 5) is 0. The largest absolute Gasteiger partial charge is 0.472 e. The first kappa shape index (κ1) is 12.4. The zero-order valence-corrected chi connectivity index (χ0v) is 11.2. The predicted octanol–water partition coefficient (Wildman–Crippen LogP) is 3.93. The second-order valence-electron chi connectivity index (χ2n) is 4.35. The number of hydrogen-bond donors (Lipinski definition) is 1. The third-order valence-electron chi connectivity index (χ3n) is 2.93. The predicted molar refractivity (Wildman–Crippen MR) is 72.5 cm³/mol. The van der Waals surface area contributed by atoms with Gasteiger partial charge in [0.1, 0.15) is 0 Å². The summed E-state index contributed by atoms with van der Waals surface area (Å²) >= 11 is 1.78. The molecule has 0 aliphatic carbocycles. The Morgan fingerprint density at radius 1 is 1.41 bits per heavy atom. The maximum atomic E-state index is 5.14. The highest BCUT2D eigenvalue weighted by molar-refractivity contribution is 7.08. The SMILES string of the molecule is CCCNC(Cc1ccoc1)c1cscc1C. The van der Waals surface area contributed by atoms with E-state index in [2.05, 4.69) is 29.9 Å². The van der Waals surface area contributed by atoms with Crippen LogP contribution in [0.3, 0.4) is 0 Å². The van der Waals surface area contributed by atoms with Crippen molar-refractivity contribution in [2.45, 2.75) is 32.7 Å². The lowest BCUT2D eigenvalue weighted by Gasteiger charge is -2.18. The number of furan rings is 1. The molecule has 0 amide bonds. The topological polar surface area (TPSA) is 25.2 Å². The van der Waals surface area contributed by atoms with E-state index >= 15 is 0 Å². The van der Waals surface area contributed by atoms with Crippen molar-refractivity contribution in [3.05, 3.63) is 46.0 Å². The van der Waals surface area contributed by atoms with Gasteiger partial charge in [0.2, 0.25) is 0 Å². The van der Waals surface area contributed by atoms with Gasteiger partial charge < -0.3 is 9.73 Å². The molecular weight excluding hydrogens is 230 g/mol. The minimum atomic E-state index is 0.402. The van der Waals surface area contributed by atoms with Gasteiger partial charge in [-0.25, -0.2) is 0 Å². The Morgan fingerprint density at radius 3 is 2.88 bits per heavy atom. The van der Waals surface area contributed by atoms with Gasteiger partial charge >= 0.3 is 0 Å². The summed E-state index contributed by atoms with van der Waals surface area (Å²) in [5, 5.41) is 8.08. The Balaban J connectivity index is 2.11. The van der Waals surface area contributed by atoms with Crippen LogP contribution in [-0.2, 0) is 6.42 Å². The van der Waals surface area contributed by atoms with Crippen molar-refractivity contribution in [3.63, 3.8) is 0 Å². The monoisotopic (exact) mass is 249 g/mol. The molecule has 0 radical (unpaired) electrons. The van der Waals surface area contributed by atoms with Gasteiger partial charge in [0.05, 0.1) is 12.5 Å². The summed E-state index contributed by atoms with van der Waals surface area (Å²) in [5.41, 5.74) is 4.06. The molecule has 0 aliphatic rings. The molecule has 2 aromatic rings. The molecule has 0 fully saturated rings. The normalized spacial score (nSPS) is 12.8. The average Bonchev–Trinajstić information content (AvgIpc) is 2.95. The van der Waals surface area contributed by atoms with E-state index in [1.54, 1.807) is 17.6 Å². The van der Waals surface area contributed by atoms with Crippen LogP contribution in [0.15, 0.2) is 33.8 Å². The molecule has 0 saturated carbocycles. The van der Waals surface area contributed by atoms with E-state index in [9.17, 15) is 0 Å². The lowest BCUT2D eigenvalue weighted by molar-refractivity contribution is 0.520. The maximum Gasteiger partial charge on any atom is 0.0935 e. The summed E-state index contributed by atoms with van der Waals surface area (Å²) < 4.78 is 5.14. The van der Waals surface area contributed by atoms with E-state index in [0.717, 1.165) is 19.4 Å². The molecule has 2 aromatic heterocycles. The van der Waals surface area contributed by atoms with Crippen molar-refractivity contribution >= 4 is 11.3 Å². The smallest absolute Gasteiger partial charge is 0.0935 e. The van der Waals surface area contributed by atoms with Crippen LogP contribution in [0, 0.1) is 6.92 Å². The molecule has 17 heavy (non-hydrogen) atoms. The summed E-state index contributed by atoms with van der Waals surface area (Å²) in [6.07, 6.45) is 5.73. The van der Waals surface area contributed by atoms with Gasteiger partial charge in [-0.05, 0) is 59.8 Å². The van der Waals surface area contributed by atoms with E-state index in [-0.39, 0.29) is 0 Å². The van der Waals surface area contributed by atoms with Gasteiger partial charge in [-0.2, -0.15) is 11.3 Å². The van der Waals surface area contributed by atoms with Gasteiger partial charge in [-0.1, -0.05) is 6.92 Å². The zero-order chi connectivity index (χ0) is 12.1. The second kappa shape index (κ2) is 6.03. The lowest BCUT2D eigenvalue weighted by Crippen LogP contribution is -2.24. The number of aryl methyl sites for hydroxylation is 1. The van der Waals surface area contributed by atoms with Gasteiger partial charge in [0.25, 0.3) is 0 Å². The van der Waals surface area contributed by atoms with E-state index in [1.807, 2.05) is 12.3 Å². The van der Waals surface area contributed by atoms with Crippen LogP contribution in [-0.4, -0.2) is 6.54 Å². The van der Waals surface area contributed by atoms with Gasteiger partial charge in [0, 0.05) is 6.04 Å². The standard InChI is InChI=1S/C14H19NOS/c1-3-5-15-14(7-12-4-6-16-8-12)13-10-17-9-11(13)2/h4,6,8-10,14-15H,3,5,7H2,1-2H3. The fourth-order valence-corrected chi connectivity index (χ4v) is 2.89. The molecule has 0 aliphatic heterocycles. The zero-order valence-electron chi connectivity index (χ0n) is 10.4. The second-order valence-corrected chi connectivity index (χ2v) is 5.10. The Hall–Kier alpha value is -1.06. The molecule has 0 aromatic carbocycles. The van der Waals surface area contributed by atoms with E-state index < -0.39 is 0 Å². The summed E-state index contributed by atoms with van der Waals surface area (Å²) in [5.74, 6) is 0. The van der Waals surface area contributed by atoms with Crippen molar-refractivity contribution in [2.75, 3.05) is 6.54 Å². The molecule has 0 saturated heterocycles. The first-order valence-electron chi connectivity index (χ1n) is 6.08. The molecule has 0 spiro atoms. The highest BCUT2D eigenvalue weighted by Gasteiger charge is 2.14. The van der Waals surface area contributed by atoms with Crippen LogP contribution < -0.4 is 5.32 Å². The number of nitrogens with one attached hydrogen (secondary N) is 1. The summed E-state index contributed by atoms with van der Waals surface area (Å²) in [7, 11) is 0. The highest BCUT2D eigenvalue weighted by Crippen LogP contribution is 2.25. The van der Waals surface area contributed by atoms with E-state index in [4.69, 9.17) is 4.42 Å². The lowest BCUT2D eigenvalue weighted by atomic mass is 10.00. The molecule has 2 nitrogen and oxygen atoms in total. The first-order valence-corrected chi connectivity index (χ1v) is 7.02. The first-order chi connectivity index (χ1) is 8.31. The Bertz CT molecular complexity index is 433. The molecule has 1 N–H and O–H groups in total. The Morgan fingerprint density at radius 2 is 2.29 bits per heavy atom. The molecule has 1 unspecified atom stereocenters. The highest BCUT2D eigenvalue weighted by atomic mass is 32.1. The third-order valence-corrected chi connectivity index (χ3v) is 3.81. The minimum absolute atomic E-state index is 0.402. The molecule has 0 bridgehead atoms. The number of rotatable bonds is 6. The van der Waals surface area contributed by atoms with Crippen molar-refractivity contribution in [1.29, 1.82) is 0 Å². The van der Waals surface area contributed by atoms with Gasteiger partial charge in [-0.3, -0.25) is 0 Å². The quantitative estimate of drug-likeness (QED) is 0.839. The Kier molecular flexibility index (Phi) is 4.40. The molecule has 3 heteroatoms. The number of hydrogen-bond acceptors (Lipinski definition) is 3. The van der Waals surface area contributed by atoms with Crippen LogP contribution in [0.4, 0.5) is 0 Å². The third kappa shape index (κ3) is 3.20. The van der Waals surface area contributed by atoms with Gasteiger partial charge in [-0.15, -0.1) is 0 Å². The Labute approximate surface area is 107 Å². The molecule has 1 atom stereocenters. The van der Waals surface area contributed by atoms with Gasteiger partial charge in [0.15, 0.2) is 0 Å². The number of thiophene rings is 1. The molecule has 92 valence electrons. The van der Waals surface area contributed by atoms with Crippen LogP contribution >= 0.6 is 11.3 Å². The van der Waals surface area contributed by atoms with Crippen molar-refractivity contribution in [3.8, 4) is 0 Å². The fourth-order valence-electron chi connectivity index (χ4n) is 1.98. The molecular formula is C14H19NOS. The average molecular weight is 249 g/mol. The minimum Gasteiger partial charge on any atom is -0.472 e. The van der Waals surface area contributed by atoms with Crippen LogP contribution in [0.5, 0.6) is 0 Å². The van der Waals surface area contributed by atoms with Crippen LogP contribution in [0.25, 0.3) is 0 Å². The van der Waals surface area contributed by atoms with Crippen molar-refractivity contribution in [2.24, 2.45) is 0 Å².